The highest BCUT2D eigenvalue weighted by molar-refractivity contribution is 7.16. The third-order valence-corrected chi connectivity index (χ3v) is 4.96. The number of aromatic nitrogens is 2. The third kappa shape index (κ3) is 3.71. The summed E-state index contributed by atoms with van der Waals surface area (Å²) >= 11 is 9.19. The number of hydrogen-bond acceptors (Lipinski definition) is 6. The van der Waals surface area contributed by atoms with Crippen LogP contribution in [-0.2, 0) is 13.1 Å². The Hall–Kier alpha value is -1.21. The minimum absolute atomic E-state index is 0.640. The maximum absolute atomic E-state index is 5.97. The molecule has 0 aliphatic carbocycles. The molecule has 3 heterocycles. The van der Waals surface area contributed by atoms with Crippen LogP contribution in [0.4, 0.5) is 0 Å². The standard InChI is InChI=1S/C14H14ClN3OS2/c1-2-18(7-11-3-4-12(15)21-11)8-13-16-14(17-19-13)10-5-6-20-9-10/h3-6,9H,2,7-8H2,1H3. The summed E-state index contributed by atoms with van der Waals surface area (Å²) < 4.78 is 6.16. The Morgan fingerprint density at radius 1 is 1.29 bits per heavy atom. The molecular weight excluding hydrogens is 326 g/mol. The van der Waals surface area contributed by atoms with Crippen molar-refractivity contribution in [1.82, 2.24) is 15.0 Å². The zero-order chi connectivity index (χ0) is 14.7. The van der Waals surface area contributed by atoms with Gasteiger partial charge in [-0.1, -0.05) is 23.7 Å². The number of hydrogen-bond donors (Lipinski definition) is 0. The van der Waals surface area contributed by atoms with E-state index in [0.717, 1.165) is 23.0 Å². The predicted octanol–water partition coefficient (Wildman–Crippen LogP) is 4.54. The molecule has 7 heteroatoms. The summed E-state index contributed by atoms with van der Waals surface area (Å²) in [6.45, 7) is 4.50. The second-order valence-corrected chi connectivity index (χ2v) is 7.11. The lowest BCUT2D eigenvalue weighted by Crippen LogP contribution is -2.21. The number of rotatable bonds is 6. The molecule has 0 atom stereocenters. The Kier molecular flexibility index (Phi) is 4.70. The highest BCUT2D eigenvalue weighted by atomic mass is 35.5. The van der Waals surface area contributed by atoms with Gasteiger partial charge in [-0.05, 0) is 30.1 Å². The lowest BCUT2D eigenvalue weighted by atomic mass is 10.3. The summed E-state index contributed by atoms with van der Waals surface area (Å²) in [5, 5.41) is 8.05. The van der Waals surface area contributed by atoms with Gasteiger partial charge in [0.15, 0.2) is 0 Å². The lowest BCUT2D eigenvalue weighted by Gasteiger charge is -2.16. The first kappa shape index (κ1) is 14.7. The Morgan fingerprint density at radius 3 is 2.86 bits per heavy atom. The molecule has 0 unspecified atom stereocenters. The van der Waals surface area contributed by atoms with Crippen LogP contribution in [0.2, 0.25) is 4.34 Å². The minimum atomic E-state index is 0.640. The van der Waals surface area contributed by atoms with Crippen molar-refractivity contribution in [2.24, 2.45) is 0 Å². The van der Waals surface area contributed by atoms with E-state index in [4.69, 9.17) is 16.1 Å². The largest absolute Gasteiger partial charge is 0.338 e. The second kappa shape index (κ2) is 6.70. The van der Waals surface area contributed by atoms with Crippen LogP contribution < -0.4 is 0 Å². The monoisotopic (exact) mass is 339 g/mol. The van der Waals surface area contributed by atoms with E-state index in [1.165, 1.54) is 4.88 Å². The van der Waals surface area contributed by atoms with Gasteiger partial charge in [-0.15, -0.1) is 11.3 Å². The fraction of sp³-hybridized carbons (Fsp3) is 0.286. The van der Waals surface area contributed by atoms with Crippen LogP contribution in [0.5, 0.6) is 0 Å². The zero-order valence-corrected chi connectivity index (χ0v) is 13.8. The normalized spacial score (nSPS) is 11.4. The highest BCUT2D eigenvalue weighted by Gasteiger charge is 2.13. The molecule has 0 bridgehead atoms. The Labute approximate surface area is 136 Å². The van der Waals surface area contributed by atoms with Gasteiger partial charge < -0.3 is 4.52 Å². The van der Waals surface area contributed by atoms with Gasteiger partial charge in [0.2, 0.25) is 11.7 Å². The predicted molar refractivity (Wildman–Crippen MR) is 86.7 cm³/mol. The van der Waals surface area contributed by atoms with E-state index < -0.39 is 0 Å². The van der Waals surface area contributed by atoms with Crippen LogP contribution in [0, 0.1) is 0 Å². The average Bonchev–Trinajstić information content (AvgIpc) is 3.19. The number of nitrogens with zero attached hydrogens (tertiary/aromatic N) is 3. The van der Waals surface area contributed by atoms with Crippen molar-refractivity contribution in [3.8, 4) is 11.4 Å². The molecule has 0 aromatic carbocycles. The van der Waals surface area contributed by atoms with Gasteiger partial charge in [-0.3, -0.25) is 4.90 Å². The van der Waals surface area contributed by atoms with Gasteiger partial charge in [0, 0.05) is 22.4 Å². The van der Waals surface area contributed by atoms with Gasteiger partial charge in [-0.25, -0.2) is 0 Å². The van der Waals surface area contributed by atoms with Crippen LogP contribution in [0.3, 0.4) is 0 Å². The van der Waals surface area contributed by atoms with Crippen molar-refractivity contribution >= 4 is 34.3 Å². The summed E-state index contributed by atoms with van der Waals surface area (Å²) in [6.07, 6.45) is 0. The topological polar surface area (TPSA) is 42.2 Å². The molecule has 110 valence electrons. The molecule has 4 nitrogen and oxygen atoms in total. The van der Waals surface area contributed by atoms with Gasteiger partial charge in [0.25, 0.3) is 0 Å². The van der Waals surface area contributed by atoms with E-state index in [9.17, 15) is 0 Å². The Morgan fingerprint density at radius 2 is 2.19 bits per heavy atom. The first-order chi connectivity index (χ1) is 10.2. The van der Waals surface area contributed by atoms with E-state index >= 15 is 0 Å². The van der Waals surface area contributed by atoms with Crippen molar-refractivity contribution in [3.63, 3.8) is 0 Å². The first-order valence-electron chi connectivity index (χ1n) is 6.56. The molecular formula is C14H14ClN3OS2. The maximum atomic E-state index is 5.97. The molecule has 3 aromatic rings. The van der Waals surface area contributed by atoms with Crippen LogP contribution in [0.15, 0.2) is 33.5 Å². The summed E-state index contributed by atoms with van der Waals surface area (Å²) in [5.74, 6) is 1.29. The highest BCUT2D eigenvalue weighted by Crippen LogP contribution is 2.23. The van der Waals surface area contributed by atoms with Gasteiger partial charge in [0.05, 0.1) is 10.9 Å². The fourth-order valence-electron chi connectivity index (χ4n) is 1.96. The van der Waals surface area contributed by atoms with Gasteiger partial charge in [-0.2, -0.15) is 16.3 Å². The molecule has 0 aliphatic heterocycles. The molecule has 0 saturated carbocycles. The Bertz CT molecular complexity index is 693. The van der Waals surface area contributed by atoms with Crippen molar-refractivity contribution in [2.45, 2.75) is 20.0 Å². The molecule has 3 rings (SSSR count). The summed E-state index contributed by atoms with van der Waals surface area (Å²) in [5.41, 5.74) is 1.00. The Balaban J connectivity index is 1.66. The smallest absolute Gasteiger partial charge is 0.241 e. The SMILES string of the molecule is CCN(Cc1nc(-c2ccsc2)no1)Cc1ccc(Cl)s1. The molecule has 0 saturated heterocycles. The molecule has 0 radical (unpaired) electrons. The lowest BCUT2D eigenvalue weighted by molar-refractivity contribution is 0.230. The zero-order valence-electron chi connectivity index (χ0n) is 11.5. The molecule has 0 fully saturated rings. The summed E-state index contributed by atoms with van der Waals surface area (Å²) in [6, 6.07) is 5.97. The number of thiophene rings is 2. The molecule has 21 heavy (non-hydrogen) atoms. The van der Waals surface area contributed by atoms with Gasteiger partial charge in [0.1, 0.15) is 0 Å². The first-order valence-corrected chi connectivity index (χ1v) is 8.70. The summed E-state index contributed by atoms with van der Waals surface area (Å²) in [4.78, 5) is 7.93. The van der Waals surface area contributed by atoms with E-state index in [-0.39, 0.29) is 0 Å². The molecule has 0 aliphatic rings. The second-order valence-electron chi connectivity index (χ2n) is 4.53. The van der Waals surface area contributed by atoms with E-state index in [0.29, 0.717) is 18.3 Å². The van der Waals surface area contributed by atoms with E-state index in [1.54, 1.807) is 22.7 Å². The van der Waals surface area contributed by atoms with E-state index in [1.807, 2.05) is 22.9 Å². The van der Waals surface area contributed by atoms with Crippen LogP contribution in [0.25, 0.3) is 11.4 Å². The number of halogens is 1. The molecule has 3 aromatic heterocycles. The third-order valence-electron chi connectivity index (χ3n) is 3.06. The average molecular weight is 340 g/mol. The van der Waals surface area contributed by atoms with Crippen molar-refractivity contribution in [1.29, 1.82) is 0 Å². The van der Waals surface area contributed by atoms with Crippen LogP contribution in [0.1, 0.15) is 17.7 Å². The quantitative estimate of drug-likeness (QED) is 0.661. The van der Waals surface area contributed by atoms with Crippen LogP contribution in [-0.4, -0.2) is 21.6 Å². The molecule has 0 amide bonds. The minimum Gasteiger partial charge on any atom is -0.338 e. The summed E-state index contributed by atoms with van der Waals surface area (Å²) in [7, 11) is 0. The van der Waals surface area contributed by atoms with Gasteiger partial charge >= 0.3 is 0 Å². The van der Waals surface area contributed by atoms with Crippen molar-refractivity contribution < 1.29 is 4.52 Å². The van der Waals surface area contributed by atoms with E-state index in [2.05, 4.69) is 28.0 Å². The van der Waals surface area contributed by atoms with Crippen LogP contribution >= 0.6 is 34.3 Å². The van der Waals surface area contributed by atoms with Crippen molar-refractivity contribution in [3.05, 3.63) is 44.1 Å². The molecule has 0 spiro atoms. The maximum Gasteiger partial charge on any atom is 0.241 e. The van der Waals surface area contributed by atoms with Crippen molar-refractivity contribution in [2.75, 3.05) is 6.54 Å². The fourth-order valence-corrected chi connectivity index (χ4v) is 3.72. The molecule has 0 N–H and O–H groups in total.